The predicted octanol–water partition coefficient (Wildman–Crippen LogP) is 3.05. The maximum absolute atomic E-state index is 14.6. The lowest BCUT2D eigenvalue weighted by molar-refractivity contribution is 0.230. The molecule has 2 aromatic carbocycles. The molecule has 0 aliphatic heterocycles. The van der Waals surface area contributed by atoms with Gasteiger partial charge in [-0.2, -0.15) is 5.26 Å². The Hall–Kier alpha value is -3.09. The van der Waals surface area contributed by atoms with Crippen LogP contribution in [0.1, 0.15) is 11.3 Å². The zero-order valence-electron chi connectivity index (χ0n) is 13.9. The van der Waals surface area contributed by atoms with Crippen molar-refractivity contribution in [3.63, 3.8) is 0 Å². The second-order valence-corrected chi connectivity index (χ2v) is 7.70. The lowest BCUT2D eigenvalue weighted by atomic mass is 9.98. The van der Waals surface area contributed by atoms with Gasteiger partial charge in [-0.05, 0) is 24.3 Å². The molecule has 9 heteroatoms. The molecule has 27 heavy (non-hydrogen) atoms. The Kier molecular flexibility index (Phi) is 4.78. The van der Waals surface area contributed by atoms with Gasteiger partial charge in [0, 0.05) is 17.4 Å². The number of benzene rings is 2. The monoisotopic (exact) mass is 390 g/mol. The van der Waals surface area contributed by atoms with E-state index in [1.807, 2.05) is 6.07 Å². The van der Waals surface area contributed by atoms with E-state index in [0.29, 0.717) is 17.2 Å². The highest BCUT2D eigenvalue weighted by molar-refractivity contribution is 7.90. The summed E-state index contributed by atoms with van der Waals surface area (Å²) in [5.74, 6) is -2.26. The van der Waals surface area contributed by atoms with Crippen LogP contribution in [0.5, 0.6) is 0 Å². The largest absolute Gasteiger partial charge is 0.388 e. The summed E-state index contributed by atoms with van der Waals surface area (Å²) in [5.41, 5.74) is 0.650. The van der Waals surface area contributed by atoms with Crippen LogP contribution < -0.4 is 0 Å². The molecule has 0 atom stereocenters. The SMILES string of the molecule is CS(=O)(=O)c1cc(F)c(-c2c(-c3ccc(C#N)cc3)noc2CO)cc1F. The first-order chi connectivity index (χ1) is 12.8. The topological polar surface area (TPSA) is 104 Å². The van der Waals surface area contributed by atoms with Gasteiger partial charge in [0.25, 0.3) is 0 Å². The fraction of sp³-hybridized carbons (Fsp3) is 0.111. The highest BCUT2D eigenvalue weighted by Gasteiger charge is 2.25. The number of aliphatic hydroxyl groups excluding tert-OH is 1. The van der Waals surface area contributed by atoms with E-state index in [9.17, 15) is 22.3 Å². The maximum Gasteiger partial charge on any atom is 0.178 e. The summed E-state index contributed by atoms with van der Waals surface area (Å²) in [6, 6.07) is 9.37. The Morgan fingerprint density at radius 1 is 1.19 bits per heavy atom. The predicted molar refractivity (Wildman–Crippen MR) is 91.0 cm³/mol. The van der Waals surface area contributed by atoms with Gasteiger partial charge in [0.2, 0.25) is 0 Å². The number of hydrogen-bond acceptors (Lipinski definition) is 6. The molecule has 0 spiro atoms. The number of sulfone groups is 1. The molecule has 1 heterocycles. The Morgan fingerprint density at radius 3 is 2.41 bits per heavy atom. The molecule has 0 saturated carbocycles. The van der Waals surface area contributed by atoms with Crippen molar-refractivity contribution in [2.45, 2.75) is 11.5 Å². The molecule has 0 aliphatic carbocycles. The van der Waals surface area contributed by atoms with E-state index in [0.717, 1.165) is 12.3 Å². The Morgan fingerprint density at radius 2 is 1.85 bits per heavy atom. The van der Waals surface area contributed by atoms with Crippen molar-refractivity contribution in [3.8, 4) is 28.5 Å². The van der Waals surface area contributed by atoms with Crippen molar-refractivity contribution in [2.75, 3.05) is 6.26 Å². The first-order valence-electron chi connectivity index (χ1n) is 7.55. The Labute approximate surface area is 153 Å². The third kappa shape index (κ3) is 3.45. The van der Waals surface area contributed by atoms with Crippen LogP contribution in [0.3, 0.4) is 0 Å². The number of aliphatic hydroxyl groups is 1. The molecule has 6 nitrogen and oxygen atoms in total. The number of nitriles is 1. The highest BCUT2D eigenvalue weighted by atomic mass is 32.2. The minimum Gasteiger partial charge on any atom is -0.388 e. The average Bonchev–Trinajstić information content (AvgIpc) is 3.06. The zero-order chi connectivity index (χ0) is 19.8. The summed E-state index contributed by atoms with van der Waals surface area (Å²) < 4.78 is 57.1. The van der Waals surface area contributed by atoms with Gasteiger partial charge in [0.05, 0.1) is 17.2 Å². The van der Waals surface area contributed by atoms with Gasteiger partial charge >= 0.3 is 0 Å². The molecule has 1 aromatic heterocycles. The first kappa shape index (κ1) is 18.7. The Bertz CT molecular complexity index is 1160. The summed E-state index contributed by atoms with van der Waals surface area (Å²) in [6.07, 6.45) is 0.769. The van der Waals surface area contributed by atoms with Crippen LogP contribution in [0.15, 0.2) is 45.8 Å². The summed E-state index contributed by atoms with van der Waals surface area (Å²) in [6.45, 7) is -0.631. The molecular weight excluding hydrogens is 378 g/mol. The van der Waals surface area contributed by atoms with Crippen LogP contribution >= 0.6 is 0 Å². The number of halogens is 2. The molecule has 0 bridgehead atoms. The first-order valence-corrected chi connectivity index (χ1v) is 9.44. The third-order valence-electron chi connectivity index (χ3n) is 3.88. The second-order valence-electron chi connectivity index (χ2n) is 5.71. The molecule has 1 N–H and O–H groups in total. The van der Waals surface area contributed by atoms with Gasteiger partial charge in [-0.25, -0.2) is 17.2 Å². The van der Waals surface area contributed by atoms with Gasteiger partial charge in [0.1, 0.15) is 28.8 Å². The lowest BCUT2D eigenvalue weighted by Gasteiger charge is -2.08. The van der Waals surface area contributed by atoms with Crippen LogP contribution in [0, 0.1) is 23.0 Å². The van der Waals surface area contributed by atoms with E-state index >= 15 is 0 Å². The van der Waals surface area contributed by atoms with Gasteiger partial charge in [-0.3, -0.25) is 0 Å². The maximum atomic E-state index is 14.6. The van der Waals surface area contributed by atoms with Crippen molar-refractivity contribution < 1.29 is 26.8 Å². The second kappa shape index (κ2) is 6.90. The summed E-state index contributed by atoms with van der Waals surface area (Å²) in [5, 5.41) is 22.2. The summed E-state index contributed by atoms with van der Waals surface area (Å²) >= 11 is 0. The standard InChI is InChI=1S/C18H12F2N2O4S/c1-27(24,25)16-7-13(19)12(6-14(16)20)17-15(9-23)26-22-18(17)11-4-2-10(8-21)3-5-11/h2-7,23H,9H2,1H3. The molecule has 3 rings (SSSR count). The van der Waals surface area contributed by atoms with E-state index in [1.165, 1.54) is 12.1 Å². The van der Waals surface area contributed by atoms with Gasteiger partial charge in [-0.15, -0.1) is 0 Å². The third-order valence-corrected chi connectivity index (χ3v) is 5.00. The number of nitrogens with zero attached hydrogens (tertiary/aromatic N) is 2. The van der Waals surface area contributed by atoms with Crippen molar-refractivity contribution in [1.29, 1.82) is 5.26 Å². The Balaban J connectivity index is 2.24. The average molecular weight is 390 g/mol. The summed E-state index contributed by atoms with van der Waals surface area (Å²) in [4.78, 5) is -0.773. The molecule has 0 unspecified atom stereocenters. The molecular formula is C18H12F2N2O4S. The van der Waals surface area contributed by atoms with Gasteiger partial charge < -0.3 is 9.63 Å². The lowest BCUT2D eigenvalue weighted by Crippen LogP contribution is -2.03. The van der Waals surface area contributed by atoms with Crippen LogP contribution in [-0.4, -0.2) is 24.9 Å². The van der Waals surface area contributed by atoms with E-state index in [-0.39, 0.29) is 22.6 Å². The van der Waals surface area contributed by atoms with Crippen LogP contribution in [0.25, 0.3) is 22.4 Å². The molecule has 0 radical (unpaired) electrons. The van der Waals surface area contributed by atoms with E-state index in [4.69, 9.17) is 9.78 Å². The smallest absolute Gasteiger partial charge is 0.178 e. The molecule has 0 saturated heterocycles. The fourth-order valence-electron chi connectivity index (χ4n) is 2.61. The van der Waals surface area contributed by atoms with Crippen molar-refractivity contribution >= 4 is 9.84 Å². The molecule has 3 aromatic rings. The molecule has 138 valence electrons. The van der Waals surface area contributed by atoms with E-state index < -0.39 is 33.0 Å². The van der Waals surface area contributed by atoms with E-state index in [2.05, 4.69) is 5.16 Å². The number of aromatic nitrogens is 1. The van der Waals surface area contributed by atoms with Crippen molar-refractivity contribution in [2.24, 2.45) is 0 Å². The van der Waals surface area contributed by atoms with Gasteiger partial charge in [0.15, 0.2) is 15.6 Å². The zero-order valence-corrected chi connectivity index (χ0v) is 14.7. The number of hydrogen-bond donors (Lipinski definition) is 1. The summed E-state index contributed by atoms with van der Waals surface area (Å²) in [7, 11) is -3.96. The van der Waals surface area contributed by atoms with Crippen LogP contribution in [-0.2, 0) is 16.4 Å². The fourth-order valence-corrected chi connectivity index (χ4v) is 3.34. The minimum absolute atomic E-state index is 0.00124. The minimum atomic E-state index is -3.96. The quantitative estimate of drug-likeness (QED) is 0.734. The van der Waals surface area contributed by atoms with Crippen molar-refractivity contribution in [1.82, 2.24) is 5.16 Å². The van der Waals surface area contributed by atoms with Gasteiger partial charge in [-0.1, -0.05) is 17.3 Å². The molecule has 0 amide bonds. The highest BCUT2D eigenvalue weighted by Crippen LogP contribution is 2.37. The molecule has 0 aliphatic rings. The van der Waals surface area contributed by atoms with Crippen LogP contribution in [0.2, 0.25) is 0 Å². The van der Waals surface area contributed by atoms with Crippen molar-refractivity contribution in [3.05, 3.63) is 59.4 Å². The molecule has 0 fully saturated rings. The van der Waals surface area contributed by atoms with E-state index in [1.54, 1.807) is 12.1 Å². The number of rotatable bonds is 4. The van der Waals surface area contributed by atoms with Crippen LogP contribution in [0.4, 0.5) is 8.78 Å². The normalized spacial score (nSPS) is 11.4.